The summed E-state index contributed by atoms with van der Waals surface area (Å²) in [6, 6.07) is 0. The summed E-state index contributed by atoms with van der Waals surface area (Å²) in [5, 5.41) is 0. The molecule has 0 spiro atoms. The zero-order valence-corrected chi connectivity index (χ0v) is 7.71. The molecule has 0 amide bonds. The Morgan fingerprint density at radius 3 is 3.00 bits per heavy atom. The van der Waals surface area contributed by atoms with Gasteiger partial charge in [0.05, 0.1) is 12.7 Å². The van der Waals surface area contributed by atoms with Gasteiger partial charge in [-0.15, -0.1) is 0 Å². The van der Waals surface area contributed by atoms with E-state index >= 15 is 0 Å². The van der Waals surface area contributed by atoms with E-state index in [1.807, 2.05) is 0 Å². The molecular formula is C9H16O3. The molecule has 0 aliphatic carbocycles. The van der Waals surface area contributed by atoms with E-state index < -0.39 is 0 Å². The molecule has 0 aromatic heterocycles. The molecule has 70 valence electrons. The minimum atomic E-state index is -0.184. The minimum absolute atomic E-state index is 0.0844. The summed E-state index contributed by atoms with van der Waals surface area (Å²) in [4.78, 5) is 10.6. The van der Waals surface area contributed by atoms with Crippen molar-refractivity contribution in [3.8, 4) is 0 Å². The Hall–Kier alpha value is -0.570. The van der Waals surface area contributed by atoms with Crippen molar-refractivity contribution in [1.29, 1.82) is 0 Å². The van der Waals surface area contributed by atoms with Crippen LogP contribution in [-0.4, -0.2) is 24.8 Å². The first-order valence-corrected chi connectivity index (χ1v) is 4.51. The molecule has 1 heterocycles. The van der Waals surface area contributed by atoms with Crippen LogP contribution in [0.1, 0.15) is 33.1 Å². The molecule has 2 atom stereocenters. The van der Waals surface area contributed by atoms with Crippen LogP contribution < -0.4 is 0 Å². The van der Waals surface area contributed by atoms with Crippen molar-refractivity contribution in [2.24, 2.45) is 0 Å². The molecule has 1 aliphatic rings. The lowest BCUT2D eigenvalue weighted by Gasteiger charge is -2.28. The molecule has 1 saturated heterocycles. The topological polar surface area (TPSA) is 35.5 Å². The minimum Gasteiger partial charge on any atom is -0.462 e. The number of rotatable bonds is 2. The second-order valence-electron chi connectivity index (χ2n) is 3.16. The number of carbonyl (C=O) groups is 1. The molecular weight excluding hydrogens is 156 g/mol. The van der Waals surface area contributed by atoms with Crippen molar-refractivity contribution in [3.05, 3.63) is 0 Å². The molecule has 1 aliphatic heterocycles. The average Bonchev–Trinajstić information content (AvgIpc) is 2.03. The number of hydrogen-bond donors (Lipinski definition) is 0. The van der Waals surface area contributed by atoms with E-state index in [0.717, 1.165) is 25.9 Å². The lowest BCUT2D eigenvalue weighted by atomic mass is 10.0. The molecule has 1 fully saturated rings. The van der Waals surface area contributed by atoms with E-state index in [9.17, 15) is 4.79 Å². The Morgan fingerprint density at radius 1 is 1.67 bits per heavy atom. The molecule has 12 heavy (non-hydrogen) atoms. The summed E-state index contributed by atoms with van der Waals surface area (Å²) in [7, 11) is 0. The largest absolute Gasteiger partial charge is 0.462 e. The van der Waals surface area contributed by atoms with Crippen LogP contribution in [0.2, 0.25) is 0 Å². The molecule has 0 unspecified atom stereocenters. The third-order valence-electron chi connectivity index (χ3n) is 2.11. The summed E-state index contributed by atoms with van der Waals surface area (Å²) >= 11 is 0. The van der Waals surface area contributed by atoms with Crippen LogP contribution in [-0.2, 0) is 14.3 Å². The SMILES string of the molecule is CC[C@@H]1C[C@H](OC(C)=O)CCO1. The Labute approximate surface area is 73.0 Å². The molecule has 0 N–H and O–H groups in total. The third kappa shape index (κ3) is 2.81. The van der Waals surface area contributed by atoms with Gasteiger partial charge in [-0.3, -0.25) is 4.79 Å². The van der Waals surface area contributed by atoms with Gasteiger partial charge in [-0.1, -0.05) is 6.92 Å². The predicted molar refractivity (Wildman–Crippen MR) is 44.8 cm³/mol. The van der Waals surface area contributed by atoms with Crippen molar-refractivity contribution in [1.82, 2.24) is 0 Å². The second kappa shape index (κ2) is 4.45. The van der Waals surface area contributed by atoms with Gasteiger partial charge in [0.1, 0.15) is 6.10 Å². The van der Waals surface area contributed by atoms with Crippen LogP contribution in [0.3, 0.4) is 0 Å². The standard InChI is InChI=1S/C9H16O3/c1-3-8-6-9(4-5-11-8)12-7(2)10/h8-9H,3-6H2,1-2H3/t8-,9-/m1/s1. The zero-order valence-electron chi connectivity index (χ0n) is 7.71. The van der Waals surface area contributed by atoms with Gasteiger partial charge in [-0.25, -0.2) is 0 Å². The normalized spacial score (nSPS) is 29.8. The smallest absolute Gasteiger partial charge is 0.302 e. The molecule has 0 saturated carbocycles. The Morgan fingerprint density at radius 2 is 2.42 bits per heavy atom. The molecule has 1 rings (SSSR count). The van der Waals surface area contributed by atoms with E-state index in [2.05, 4.69) is 6.92 Å². The van der Waals surface area contributed by atoms with Crippen LogP contribution in [0.25, 0.3) is 0 Å². The monoisotopic (exact) mass is 172 g/mol. The quantitative estimate of drug-likeness (QED) is 0.592. The molecule has 3 heteroatoms. The fourth-order valence-corrected chi connectivity index (χ4v) is 1.47. The van der Waals surface area contributed by atoms with Gasteiger partial charge in [0.2, 0.25) is 0 Å². The maximum absolute atomic E-state index is 10.6. The van der Waals surface area contributed by atoms with E-state index in [4.69, 9.17) is 9.47 Å². The number of hydrogen-bond acceptors (Lipinski definition) is 3. The highest BCUT2D eigenvalue weighted by atomic mass is 16.6. The highest BCUT2D eigenvalue weighted by Crippen LogP contribution is 2.18. The van der Waals surface area contributed by atoms with E-state index in [-0.39, 0.29) is 18.2 Å². The van der Waals surface area contributed by atoms with E-state index in [1.54, 1.807) is 0 Å². The van der Waals surface area contributed by atoms with Gasteiger partial charge >= 0.3 is 5.97 Å². The van der Waals surface area contributed by atoms with Gasteiger partial charge in [0.25, 0.3) is 0 Å². The lowest BCUT2D eigenvalue weighted by Crippen LogP contribution is -2.31. The van der Waals surface area contributed by atoms with Crippen LogP contribution in [0, 0.1) is 0 Å². The maximum Gasteiger partial charge on any atom is 0.302 e. The molecule has 0 bridgehead atoms. The van der Waals surface area contributed by atoms with Crippen molar-refractivity contribution in [2.75, 3.05) is 6.61 Å². The van der Waals surface area contributed by atoms with Crippen molar-refractivity contribution in [3.63, 3.8) is 0 Å². The second-order valence-corrected chi connectivity index (χ2v) is 3.16. The van der Waals surface area contributed by atoms with Crippen molar-refractivity contribution >= 4 is 5.97 Å². The van der Waals surface area contributed by atoms with Crippen molar-refractivity contribution < 1.29 is 14.3 Å². The van der Waals surface area contributed by atoms with E-state index in [1.165, 1.54) is 6.92 Å². The van der Waals surface area contributed by atoms with E-state index in [0.29, 0.717) is 0 Å². The summed E-state index contributed by atoms with van der Waals surface area (Å²) in [6.07, 6.45) is 3.06. The summed E-state index contributed by atoms with van der Waals surface area (Å²) in [6.45, 7) is 4.26. The maximum atomic E-state index is 10.6. The van der Waals surface area contributed by atoms with Gasteiger partial charge in [-0.05, 0) is 6.42 Å². The molecule has 0 aromatic carbocycles. The fourth-order valence-electron chi connectivity index (χ4n) is 1.47. The Balaban J connectivity index is 2.30. The third-order valence-corrected chi connectivity index (χ3v) is 2.11. The predicted octanol–water partition coefficient (Wildman–Crippen LogP) is 1.51. The first-order valence-electron chi connectivity index (χ1n) is 4.51. The molecule has 0 aromatic rings. The molecule has 0 radical (unpaired) electrons. The zero-order chi connectivity index (χ0) is 8.97. The van der Waals surface area contributed by atoms with Gasteiger partial charge in [0.15, 0.2) is 0 Å². The van der Waals surface area contributed by atoms with Crippen LogP contribution in [0.15, 0.2) is 0 Å². The Kier molecular flexibility index (Phi) is 3.53. The summed E-state index contributed by atoms with van der Waals surface area (Å²) < 4.78 is 10.6. The number of carbonyl (C=O) groups excluding carboxylic acids is 1. The highest BCUT2D eigenvalue weighted by molar-refractivity contribution is 5.66. The lowest BCUT2D eigenvalue weighted by molar-refractivity contribution is -0.153. The average molecular weight is 172 g/mol. The fraction of sp³-hybridized carbons (Fsp3) is 0.889. The first-order chi connectivity index (χ1) is 5.72. The van der Waals surface area contributed by atoms with Crippen LogP contribution in [0.4, 0.5) is 0 Å². The van der Waals surface area contributed by atoms with Gasteiger partial charge < -0.3 is 9.47 Å². The number of esters is 1. The summed E-state index contributed by atoms with van der Waals surface area (Å²) in [5.41, 5.74) is 0. The highest BCUT2D eigenvalue weighted by Gasteiger charge is 2.22. The van der Waals surface area contributed by atoms with Gasteiger partial charge in [-0.2, -0.15) is 0 Å². The number of ether oxygens (including phenoxy) is 2. The van der Waals surface area contributed by atoms with Crippen LogP contribution in [0.5, 0.6) is 0 Å². The summed E-state index contributed by atoms with van der Waals surface area (Å²) in [5.74, 6) is -0.184. The molecule has 3 nitrogen and oxygen atoms in total. The van der Waals surface area contributed by atoms with Crippen LogP contribution >= 0.6 is 0 Å². The van der Waals surface area contributed by atoms with Crippen molar-refractivity contribution in [2.45, 2.75) is 45.3 Å². The first kappa shape index (κ1) is 9.52. The van der Waals surface area contributed by atoms with Gasteiger partial charge in [0, 0.05) is 19.8 Å². The Bertz CT molecular complexity index is 156.